The van der Waals surface area contributed by atoms with Crippen molar-refractivity contribution in [1.29, 1.82) is 0 Å². The zero-order valence-corrected chi connectivity index (χ0v) is 13.6. The van der Waals surface area contributed by atoms with Gasteiger partial charge in [0.1, 0.15) is 5.69 Å². The summed E-state index contributed by atoms with van der Waals surface area (Å²) < 4.78 is 7.43. The van der Waals surface area contributed by atoms with Crippen LogP contribution in [0.25, 0.3) is 0 Å². The molecule has 1 rings (SSSR count). The highest BCUT2D eigenvalue weighted by Gasteiger charge is 2.41. The topological polar surface area (TPSA) is 68.3 Å². The first kappa shape index (κ1) is 16.9. The van der Waals surface area contributed by atoms with E-state index in [1.165, 1.54) is 0 Å². The summed E-state index contributed by atoms with van der Waals surface area (Å²) in [6, 6.07) is -0.0510. The van der Waals surface area contributed by atoms with Crippen LogP contribution in [-0.2, 0) is 6.54 Å². The zero-order valence-electron chi connectivity index (χ0n) is 13.6. The number of ether oxygens (including phenoxy) is 1. The van der Waals surface area contributed by atoms with E-state index in [1.807, 2.05) is 4.68 Å². The maximum atomic E-state index is 5.91. The summed E-state index contributed by atoms with van der Waals surface area (Å²) in [5, 5.41) is 4.39. The van der Waals surface area contributed by atoms with Crippen molar-refractivity contribution >= 4 is 0 Å². The molecule has 6 heteroatoms. The summed E-state index contributed by atoms with van der Waals surface area (Å²) in [6.45, 7) is 7.23. The largest absolute Gasteiger partial charge is 0.493 e. The fourth-order valence-corrected chi connectivity index (χ4v) is 3.12. The van der Waals surface area contributed by atoms with Crippen LogP contribution in [0, 0.1) is 0 Å². The normalized spacial score (nSPS) is 13.8. The molecule has 20 heavy (non-hydrogen) atoms. The number of aryl methyl sites for hydroxylation is 1. The Hall–Kier alpha value is -1.11. The minimum absolute atomic E-state index is 0.0510. The smallest absolute Gasteiger partial charge is 0.161 e. The number of nitrogens with two attached hydrogens (primary N) is 1. The first-order valence-corrected chi connectivity index (χ1v) is 7.25. The van der Waals surface area contributed by atoms with Crippen LogP contribution in [0.2, 0.25) is 0 Å². The number of hydrogen-bond acceptors (Lipinski definition) is 5. The van der Waals surface area contributed by atoms with Gasteiger partial charge in [-0.05, 0) is 33.9 Å². The van der Waals surface area contributed by atoms with E-state index in [0.717, 1.165) is 30.8 Å². The van der Waals surface area contributed by atoms with Gasteiger partial charge in [0.2, 0.25) is 0 Å². The predicted molar refractivity (Wildman–Crippen MR) is 81.5 cm³/mol. The molecule has 1 aromatic rings. The molecule has 116 valence electrons. The van der Waals surface area contributed by atoms with Gasteiger partial charge in [0, 0.05) is 12.1 Å². The summed E-state index contributed by atoms with van der Waals surface area (Å²) >= 11 is 0. The van der Waals surface area contributed by atoms with Crippen molar-refractivity contribution in [2.75, 3.05) is 21.2 Å². The monoisotopic (exact) mass is 283 g/mol. The van der Waals surface area contributed by atoms with Crippen molar-refractivity contribution in [2.45, 2.75) is 51.7 Å². The summed E-state index contributed by atoms with van der Waals surface area (Å²) in [6.07, 6.45) is 3.71. The molecule has 0 saturated carbocycles. The number of hydrazine groups is 1. The highest BCUT2D eigenvalue weighted by molar-refractivity contribution is 5.31. The quantitative estimate of drug-likeness (QED) is 0.559. The third kappa shape index (κ3) is 2.68. The van der Waals surface area contributed by atoms with E-state index in [0.29, 0.717) is 0 Å². The maximum Gasteiger partial charge on any atom is 0.161 e. The molecule has 0 aliphatic heterocycles. The molecule has 0 bridgehead atoms. The Morgan fingerprint density at radius 3 is 2.35 bits per heavy atom. The molecule has 0 aromatic carbocycles. The molecular weight excluding hydrogens is 254 g/mol. The number of methoxy groups -OCH3 is 1. The summed E-state index contributed by atoms with van der Waals surface area (Å²) in [5.74, 6) is 6.69. The lowest BCUT2D eigenvalue weighted by Crippen LogP contribution is -2.55. The Balaban J connectivity index is 3.40. The van der Waals surface area contributed by atoms with Crippen LogP contribution in [0.4, 0.5) is 0 Å². The molecule has 6 nitrogen and oxygen atoms in total. The number of rotatable bonds is 8. The molecule has 0 amide bonds. The van der Waals surface area contributed by atoms with Gasteiger partial charge in [-0.2, -0.15) is 5.10 Å². The highest BCUT2D eigenvalue weighted by Crippen LogP contribution is 2.39. The van der Waals surface area contributed by atoms with Crippen LogP contribution < -0.4 is 16.0 Å². The molecular formula is C14H29N5O. The summed E-state index contributed by atoms with van der Waals surface area (Å²) in [7, 11) is 5.86. The third-order valence-corrected chi connectivity index (χ3v) is 4.46. The number of likely N-dealkylation sites (N-methyl/N-ethyl adjacent to an activating group) is 1. The number of aromatic nitrogens is 2. The Labute approximate surface area is 122 Å². The Morgan fingerprint density at radius 2 is 2.00 bits per heavy atom. The molecule has 1 aromatic heterocycles. The lowest BCUT2D eigenvalue weighted by atomic mass is 9.81. The van der Waals surface area contributed by atoms with Gasteiger partial charge in [-0.15, -0.1) is 0 Å². The van der Waals surface area contributed by atoms with Crippen LogP contribution >= 0.6 is 0 Å². The fraction of sp³-hybridized carbons (Fsp3) is 0.786. The SMILES string of the molecule is CCn1ncc(OC)c1C(NN)C(CC)(CC)N(C)C. The van der Waals surface area contributed by atoms with Gasteiger partial charge in [0.15, 0.2) is 5.75 Å². The van der Waals surface area contributed by atoms with E-state index >= 15 is 0 Å². The van der Waals surface area contributed by atoms with Crippen molar-refractivity contribution in [1.82, 2.24) is 20.1 Å². The lowest BCUT2D eigenvalue weighted by molar-refractivity contribution is 0.0827. The minimum atomic E-state index is -0.0883. The second-order valence-corrected chi connectivity index (χ2v) is 5.22. The number of nitrogens with zero attached hydrogens (tertiary/aromatic N) is 3. The van der Waals surface area contributed by atoms with Crippen LogP contribution in [0.15, 0.2) is 6.20 Å². The van der Waals surface area contributed by atoms with Crippen LogP contribution in [0.1, 0.15) is 45.3 Å². The van der Waals surface area contributed by atoms with Crippen molar-refractivity contribution < 1.29 is 4.74 Å². The van der Waals surface area contributed by atoms with Gasteiger partial charge >= 0.3 is 0 Å². The lowest BCUT2D eigenvalue weighted by Gasteiger charge is -2.44. The minimum Gasteiger partial charge on any atom is -0.493 e. The number of nitrogens with one attached hydrogen (secondary N) is 1. The summed E-state index contributed by atoms with van der Waals surface area (Å²) in [5.41, 5.74) is 3.92. The van der Waals surface area contributed by atoms with E-state index in [1.54, 1.807) is 13.3 Å². The average Bonchev–Trinajstić information content (AvgIpc) is 2.86. The van der Waals surface area contributed by atoms with Crippen LogP contribution in [0.5, 0.6) is 5.75 Å². The second kappa shape index (κ2) is 7.06. The molecule has 0 spiro atoms. The standard InChI is InChI=1S/C14H29N5O/c1-7-14(8-2,18(4)5)13(17-15)12-11(20-6)10-16-19(12)9-3/h10,13,17H,7-9,15H2,1-6H3. The van der Waals surface area contributed by atoms with Crippen molar-refractivity contribution in [3.63, 3.8) is 0 Å². The third-order valence-electron chi connectivity index (χ3n) is 4.46. The first-order valence-electron chi connectivity index (χ1n) is 7.25. The average molecular weight is 283 g/mol. The van der Waals surface area contributed by atoms with Gasteiger partial charge in [-0.3, -0.25) is 10.5 Å². The van der Waals surface area contributed by atoms with Crippen LogP contribution in [-0.4, -0.2) is 41.4 Å². The van der Waals surface area contributed by atoms with E-state index in [9.17, 15) is 0 Å². The zero-order chi connectivity index (χ0) is 15.3. The van der Waals surface area contributed by atoms with E-state index in [-0.39, 0.29) is 11.6 Å². The van der Waals surface area contributed by atoms with Crippen LogP contribution in [0.3, 0.4) is 0 Å². The van der Waals surface area contributed by atoms with Gasteiger partial charge in [-0.1, -0.05) is 13.8 Å². The van der Waals surface area contributed by atoms with Gasteiger partial charge < -0.3 is 9.64 Å². The fourth-order valence-electron chi connectivity index (χ4n) is 3.12. The Morgan fingerprint density at radius 1 is 1.40 bits per heavy atom. The van der Waals surface area contributed by atoms with E-state index in [2.05, 4.69) is 50.3 Å². The highest BCUT2D eigenvalue weighted by atomic mass is 16.5. The second-order valence-electron chi connectivity index (χ2n) is 5.22. The van der Waals surface area contributed by atoms with E-state index in [4.69, 9.17) is 10.6 Å². The molecule has 0 aliphatic carbocycles. The van der Waals surface area contributed by atoms with E-state index < -0.39 is 0 Å². The molecule has 3 N–H and O–H groups in total. The van der Waals surface area contributed by atoms with Gasteiger partial charge in [-0.25, -0.2) is 5.43 Å². The molecule has 0 aliphatic rings. The van der Waals surface area contributed by atoms with Crippen molar-refractivity contribution in [3.8, 4) is 5.75 Å². The maximum absolute atomic E-state index is 5.91. The molecule has 1 heterocycles. The number of hydrogen-bond donors (Lipinski definition) is 2. The molecule has 0 fully saturated rings. The van der Waals surface area contributed by atoms with Gasteiger partial charge in [0.25, 0.3) is 0 Å². The van der Waals surface area contributed by atoms with Crippen molar-refractivity contribution in [3.05, 3.63) is 11.9 Å². The summed E-state index contributed by atoms with van der Waals surface area (Å²) in [4.78, 5) is 2.24. The Bertz CT molecular complexity index is 390. The Kier molecular flexibility index (Phi) is 5.98. The van der Waals surface area contributed by atoms with Crippen molar-refractivity contribution in [2.24, 2.45) is 5.84 Å². The molecule has 1 atom stereocenters. The molecule has 1 unspecified atom stereocenters. The molecule has 0 radical (unpaired) electrons. The van der Waals surface area contributed by atoms with Gasteiger partial charge in [0.05, 0.1) is 19.3 Å². The predicted octanol–water partition coefficient (Wildman–Crippen LogP) is 1.54. The first-order chi connectivity index (χ1) is 9.52. The molecule has 0 saturated heterocycles.